The molecule has 128 valence electrons. The second-order valence-electron chi connectivity index (χ2n) is 5.03. The zero-order chi connectivity index (χ0) is 17.4. The Hall–Kier alpha value is -2.24. The minimum Gasteiger partial charge on any atom is -0.493 e. The lowest BCUT2D eigenvalue weighted by atomic mass is 10.2. The van der Waals surface area contributed by atoms with E-state index < -0.39 is 5.97 Å². The number of hydrogen-bond acceptors (Lipinski definition) is 5. The molecular formula is C18H19ClO5. The molecule has 5 nitrogen and oxygen atoms in total. The number of ether oxygens (including phenoxy) is 3. The lowest BCUT2D eigenvalue weighted by Crippen LogP contribution is -2.08. The molecule has 0 aliphatic carbocycles. The zero-order valence-corrected chi connectivity index (χ0v) is 14.1. The van der Waals surface area contributed by atoms with E-state index in [9.17, 15) is 4.79 Å². The first-order valence-corrected chi connectivity index (χ1v) is 7.87. The molecule has 1 N–H and O–H groups in total. The zero-order valence-electron chi connectivity index (χ0n) is 13.3. The van der Waals surface area contributed by atoms with Crippen LogP contribution in [0.2, 0.25) is 5.02 Å². The highest BCUT2D eigenvalue weighted by Gasteiger charge is 2.10. The van der Waals surface area contributed by atoms with Gasteiger partial charge < -0.3 is 19.3 Å². The van der Waals surface area contributed by atoms with E-state index in [2.05, 4.69) is 0 Å². The summed E-state index contributed by atoms with van der Waals surface area (Å²) in [6.45, 7) is 0.293. The number of carbonyl (C=O) groups is 1. The highest BCUT2D eigenvalue weighted by molar-refractivity contribution is 6.30. The first-order valence-electron chi connectivity index (χ1n) is 7.49. The molecule has 0 saturated heterocycles. The Morgan fingerprint density at radius 1 is 1.17 bits per heavy atom. The number of hydrogen-bond donors (Lipinski definition) is 1. The van der Waals surface area contributed by atoms with Crippen LogP contribution < -0.4 is 14.2 Å². The van der Waals surface area contributed by atoms with Gasteiger partial charge in [0.25, 0.3) is 0 Å². The maximum absolute atomic E-state index is 11.6. The molecule has 0 fully saturated rings. The van der Waals surface area contributed by atoms with Gasteiger partial charge in [-0.1, -0.05) is 23.7 Å². The van der Waals surface area contributed by atoms with Crippen LogP contribution in [0.25, 0.3) is 0 Å². The number of aliphatic hydroxyl groups excluding tert-OH is 1. The summed E-state index contributed by atoms with van der Waals surface area (Å²) in [7, 11) is 1.51. The molecule has 2 aromatic rings. The summed E-state index contributed by atoms with van der Waals surface area (Å²) in [6.07, 6.45) is 0.530. The maximum Gasteiger partial charge on any atom is 0.311 e. The van der Waals surface area contributed by atoms with E-state index in [0.717, 1.165) is 5.56 Å². The van der Waals surface area contributed by atoms with Gasteiger partial charge in [-0.3, -0.25) is 4.79 Å². The van der Waals surface area contributed by atoms with E-state index in [1.165, 1.54) is 7.11 Å². The summed E-state index contributed by atoms with van der Waals surface area (Å²) in [4.78, 5) is 11.6. The molecule has 24 heavy (non-hydrogen) atoms. The first kappa shape index (κ1) is 18.1. The van der Waals surface area contributed by atoms with Crippen molar-refractivity contribution >= 4 is 17.6 Å². The quantitative estimate of drug-likeness (QED) is 0.582. The fraction of sp³-hybridized carbons (Fsp3) is 0.278. The number of rotatable bonds is 8. The molecular weight excluding hydrogens is 332 g/mol. The van der Waals surface area contributed by atoms with Crippen molar-refractivity contribution in [2.24, 2.45) is 0 Å². The van der Waals surface area contributed by atoms with E-state index >= 15 is 0 Å². The van der Waals surface area contributed by atoms with E-state index in [-0.39, 0.29) is 13.0 Å². The lowest BCUT2D eigenvalue weighted by molar-refractivity contribution is -0.134. The van der Waals surface area contributed by atoms with Crippen LogP contribution in [0.3, 0.4) is 0 Å². The Labute approximate surface area is 145 Å². The van der Waals surface area contributed by atoms with Crippen molar-refractivity contribution in [2.75, 3.05) is 13.7 Å². The van der Waals surface area contributed by atoms with Gasteiger partial charge >= 0.3 is 5.97 Å². The Bertz CT molecular complexity index is 687. The number of methoxy groups -OCH3 is 1. The molecule has 0 spiro atoms. The third-order valence-corrected chi connectivity index (χ3v) is 3.42. The van der Waals surface area contributed by atoms with Gasteiger partial charge in [0, 0.05) is 24.1 Å². The first-order chi connectivity index (χ1) is 11.6. The maximum atomic E-state index is 11.6. The van der Waals surface area contributed by atoms with Crippen molar-refractivity contribution in [2.45, 2.75) is 19.4 Å². The number of benzene rings is 2. The van der Waals surface area contributed by atoms with Crippen molar-refractivity contribution in [1.82, 2.24) is 0 Å². The Balaban J connectivity index is 2.01. The van der Waals surface area contributed by atoms with Gasteiger partial charge in [0.15, 0.2) is 11.5 Å². The van der Waals surface area contributed by atoms with Crippen LogP contribution in [0.4, 0.5) is 0 Å². The van der Waals surface area contributed by atoms with Gasteiger partial charge in [-0.2, -0.15) is 0 Å². The molecule has 2 aromatic carbocycles. The monoisotopic (exact) mass is 350 g/mol. The third kappa shape index (κ3) is 5.44. The minimum absolute atomic E-state index is 0.0469. The molecule has 0 aromatic heterocycles. The second kappa shape index (κ2) is 9.15. The highest BCUT2D eigenvalue weighted by Crippen LogP contribution is 2.32. The van der Waals surface area contributed by atoms with Crippen molar-refractivity contribution < 1.29 is 24.1 Å². The Morgan fingerprint density at radius 2 is 2.00 bits per heavy atom. The predicted molar refractivity (Wildman–Crippen MR) is 90.7 cm³/mol. The normalized spacial score (nSPS) is 10.3. The van der Waals surface area contributed by atoms with Crippen LogP contribution in [0.15, 0.2) is 42.5 Å². The summed E-state index contributed by atoms with van der Waals surface area (Å²) in [5.74, 6) is 0.959. The molecule has 2 rings (SSSR count). The molecule has 0 radical (unpaired) electrons. The summed E-state index contributed by atoms with van der Waals surface area (Å²) in [5.41, 5.74) is 0.934. The SMILES string of the molecule is COc1cc(OC(=O)CCCO)ccc1OCc1cccc(Cl)c1. The van der Waals surface area contributed by atoms with E-state index in [1.54, 1.807) is 24.3 Å². The van der Waals surface area contributed by atoms with Gasteiger partial charge in [-0.05, 0) is 36.2 Å². The summed E-state index contributed by atoms with van der Waals surface area (Å²) in [6, 6.07) is 12.3. The van der Waals surface area contributed by atoms with Gasteiger partial charge in [-0.15, -0.1) is 0 Å². The summed E-state index contributed by atoms with van der Waals surface area (Å²) < 4.78 is 16.2. The van der Waals surface area contributed by atoms with Gasteiger partial charge in [0.05, 0.1) is 7.11 Å². The molecule has 6 heteroatoms. The molecule has 0 aliphatic rings. The fourth-order valence-electron chi connectivity index (χ4n) is 2.02. The van der Waals surface area contributed by atoms with Crippen LogP contribution in [0.1, 0.15) is 18.4 Å². The number of aliphatic hydroxyl groups is 1. The van der Waals surface area contributed by atoms with Gasteiger partial charge in [0.1, 0.15) is 12.4 Å². The standard InChI is InChI=1S/C18H19ClO5/c1-22-17-11-15(24-18(21)6-3-9-20)7-8-16(17)23-12-13-4-2-5-14(19)10-13/h2,4-5,7-8,10-11,20H,3,6,9,12H2,1H3. The number of halogens is 1. The largest absolute Gasteiger partial charge is 0.493 e. The summed E-state index contributed by atoms with van der Waals surface area (Å²) >= 11 is 5.95. The molecule has 0 unspecified atom stereocenters. The smallest absolute Gasteiger partial charge is 0.311 e. The molecule has 0 heterocycles. The summed E-state index contributed by atoms with van der Waals surface area (Å²) in [5, 5.41) is 9.36. The number of esters is 1. The van der Waals surface area contributed by atoms with Crippen LogP contribution in [0.5, 0.6) is 17.2 Å². The Kier molecular flexibility index (Phi) is 6.90. The topological polar surface area (TPSA) is 65.0 Å². The molecule has 0 amide bonds. The average molecular weight is 351 g/mol. The minimum atomic E-state index is -0.404. The van der Waals surface area contributed by atoms with Crippen molar-refractivity contribution in [3.63, 3.8) is 0 Å². The van der Waals surface area contributed by atoms with E-state index in [0.29, 0.717) is 35.3 Å². The fourth-order valence-corrected chi connectivity index (χ4v) is 2.24. The van der Waals surface area contributed by atoms with Crippen molar-refractivity contribution in [1.29, 1.82) is 0 Å². The predicted octanol–water partition coefficient (Wildman–Crippen LogP) is 3.61. The second-order valence-corrected chi connectivity index (χ2v) is 5.47. The lowest BCUT2D eigenvalue weighted by Gasteiger charge is -2.12. The number of carbonyl (C=O) groups excluding carboxylic acids is 1. The molecule has 0 atom stereocenters. The molecule has 0 aliphatic heterocycles. The van der Waals surface area contributed by atoms with Gasteiger partial charge in [0.2, 0.25) is 0 Å². The van der Waals surface area contributed by atoms with Crippen LogP contribution >= 0.6 is 11.6 Å². The third-order valence-electron chi connectivity index (χ3n) is 3.19. The van der Waals surface area contributed by atoms with E-state index in [1.807, 2.05) is 18.2 Å². The van der Waals surface area contributed by atoms with Crippen LogP contribution in [0, 0.1) is 0 Å². The van der Waals surface area contributed by atoms with Crippen molar-refractivity contribution in [3.8, 4) is 17.2 Å². The van der Waals surface area contributed by atoms with Crippen molar-refractivity contribution in [3.05, 3.63) is 53.1 Å². The van der Waals surface area contributed by atoms with Gasteiger partial charge in [-0.25, -0.2) is 0 Å². The van der Waals surface area contributed by atoms with E-state index in [4.69, 9.17) is 30.9 Å². The van der Waals surface area contributed by atoms with Crippen LogP contribution in [-0.4, -0.2) is 24.8 Å². The average Bonchev–Trinajstić information content (AvgIpc) is 2.58. The molecule has 0 bridgehead atoms. The highest BCUT2D eigenvalue weighted by atomic mass is 35.5. The Morgan fingerprint density at radius 3 is 2.71 bits per heavy atom. The van der Waals surface area contributed by atoms with Crippen LogP contribution in [-0.2, 0) is 11.4 Å². The molecule has 0 saturated carbocycles.